The Bertz CT molecular complexity index is 345. The predicted octanol–water partition coefficient (Wildman–Crippen LogP) is 0.236. The lowest BCUT2D eigenvalue weighted by Gasteiger charge is -2.14. The molecule has 1 amide bonds. The van der Waals surface area contributed by atoms with Gasteiger partial charge in [-0.15, -0.1) is 0 Å². The van der Waals surface area contributed by atoms with Crippen LogP contribution in [0.3, 0.4) is 0 Å². The number of nitrogens with one attached hydrogen (secondary N) is 2. The zero-order valence-corrected chi connectivity index (χ0v) is 7.32. The molecule has 6 heteroatoms. The van der Waals surface area contributed by atoms with Crippen LogP contribution in [0.1, 0.15) is 0 Å². The summed E-state index contributed by atoms with van der Waals surface area (Å²) in [7, 11) is 0. The first-order chi connectivity index (χ1) is 6.86. The van der Waals surface area contributed by atoms with Crippen molar-refractivity contribution in [2.45, 2.75) is 0 Å². The first-order valence-corrected chi connectivity index (χ1v) is 4.11. The molecule has 0 aromatic carbocycles. The van der Waals surface area contributed by atoms with E-state index in [9.17, 15) is 4.79 Å². The molecule has 0 fully saturated rings. The van der Waals surface area contributed by atoms with Gasteiger partial charge in [-0.3, -0.25) is 9.89 Å². The number of aromatic amines is 1. The van der Waals surface area contributed by atoms with Crippen molar-refractivity contribution in [1.29, 1.82) is 0 Å². The molecule has 2 N–H and O–H groups in total. The summed E-state index contributed by atoms with van der Waals surface area (Å²) < 4.78 is 10.0. The summed E-state index contributed by atoms with van der Waals surface area (Å²) in [6.07, 6.45) is 2.84. The molecule has 1 aliphatic rings. The van der Waals surface area contributed by atoms with Gasteiger partial charge in [0.2, 0.25) is 5.76 Å². The largest absolute Gasteiger partial charge is 0.494 e. The molecule has 0 saturated heterocycles. The summed E-state index contributed by atoms with van der Waals surface area (Å²) in [5, 5.41) is 8.85. The molecule has 0 unspecified atom stereocenters. The number of hydrogen-bond acceptors (Lipinski definition) is 4. The van der Waals surface area contributed by atoms with Crippen molar-refractivity contribution in [2.24, 2.45) is 0 Å². The van der Waals surface area contributed by atoms with E-state index in [0.717, 1.165) is 0 Å². The molecule has 0 radical (unpaired) electrons. The maximum Gasteiger partial charge on any atom is 0.295 e. The van der Waals surface area contributed by atoms with E-state index in [1.165, 1.54) is 6.26 Å². The first kappa shape index (κ1) is 8.61. The minimum atomic E-state index is -0.353. The maximum atomic E-state index is 11.4. The normalized spacial score (nSPS) is 15.0. The second-order valence-corrected chi connectivity index (χ2v) is 2.63. The van der Waals surface area contributed by atoms with Gasteiger partial charge in [0.15, 0.2) is 0 Å². The number of ether oxygens (including phenoxy) is 2. The number of rotatable bonds is 2. The fraction of sp³-hybridized carbons (Fsp3) is 0.250. The highest BCUT2D eigenvalue weighted by molar-refractivity contribution is 6.01. The van der Waals surface area contributed by atoms with Crippen molar-refractivity contribution in [3.05, 3.63) is 24.3 Å². The number of nitrogens with zero attached hydrogens (tertiary/aromatic N) is 1. The molecule has 0 spiro atoms. The number of anilines is 1. The van der Waals surface area contributed by atoms with Gasteiger partial charge in [0.1, 0.15) is 25.3 Å². The molecule has 0 atom stereocenters. The molecule has 0 saturated carbocycles. The molecule has 2 rings (SSSR count). The van der Waals surface area contributed by atoms with Gasteiger partial charge in [0.05, 0.1) is 6.20 Å². The average Bonchev–Trinajstić information content (AvgIpc) is 2.72. The Kier molecular flexibility index (Phi) is 2.35. The SMILES string of the molecule is O=C(Nc1ccn[nH]1)C1=COCCO1. The van der Waals surface area contributed by atoms with Gasteiger partial charge in [-0.2, -0.15) is 5.10 Å². The Morgan fingerprint density at radius 3 is 3.14 bits per heavy atom. The lowest BCUT2D eigenvalue weighted by Crippen LogP contribution is -2.21. The van der Waals surface area contributed by atoms with Crippen LogP contribution in [0, 0.1) is 0 Å². The van der Waals surface area contributed by atoms with Crippen LogP contribution < -0.4 is 5.32 Å². The Hall–Kier alpha value is -1.98. The highest BCUT2D eigenvalue weighted by Gasteiger charge is 2.15. The predicted molar refractivity (Wildman–Crippen MR) is 47.2 cm³/mol. The Morgan fingerprint density at radius 2 is 2.50 bits per heavy atom. The second kappa shape index (κ2) is 3.82. The second-order valence-electron chi connectivity index (χ2n) is 2.63. The molecule has 0 bridgehead atoms. The van der Waals surface area contributed by atoms with Gasteiger partial charge in [-0.1, -0.05) is 0 Å². The monoisotopic (exact) mass is 195 g/mol. The number of aromatic nitrogens is 2. The van der Waals surface area contributed by atoms with E-state index in [-0.39, 0.29) is 11.7 Å². The number of carbonyl (C=O) groups excluding carboxylic acids is 1. The van der Waals surface area contributed by atoms with E-state index < -0.39 is 0 Å². The van der Waals surface area contributed by atoms with Crippen LogP contribution in [0.15, 0.2) is 24.3 Å². The Morgan fingerprint density at radius 1 is 1.57 bits per heavy atom. The molecule has 1 aromatic rings. The van der Waals surface area contributed by atoms with E-state index in [0.29, 0.717) is 19.0 Å². The number of H-pyrrole nitrogens is 1. The maximum absolute atomic E-state index is 11.4. The van der Waals surface area contributed by atoms with E-state index in [4.69, 9.17) is 9.47 Å². The van der Waals surface area contributed by atoms with E-state index >= 15 is 0 Å². The van der Waals surface area contributed by atoms with Crippen LogP contribution >= 0.6 is 0 Å². The van der Waals surface area contributed by atoms with Crippen molar-refractivity contribution >= 4 is 11.7 Å². The quantitative estimate of drug-likeness (QED) is 0.708. The molecule has 14 heavy (non-hydrogen) atoms. The molecular formula is C8H9N3O3. The minimum Gasteiger partial charge on any atom is -0.494 e. The zero-order valence-electron chi connectivity index (χ0n) is 7.32. The first-order valence-electron chi connectivity index (χ1n) is 4.11. The van der Waals surface area contributed by atoms with Crippen LogP contribution in [0.2, 0.25) is 0 Å². The zero-order chi connectivity index (χ0) is 9.80. The smallest absolute Gasteiger partial charge is 0.295 e. The Balaban J connectivity index is 1.98. The third-order valence-corrected chi connectivity index (χ3v) is 1.62. The van der Waals surface area contributed by atoms with Crippen LogP contribution in [0.25, 0.3) is 0 Å². The lowest BCUT2D eigenvalue weighted by molar-refractivity contribution is -0.117. The molecule has 1 aliphatic heterocycles. The summed E-state index contributed by atoms with van der Waals surface area (Å²) >= 11 is 0. The van der Waals surface area contributed by atoms with Crippen LogP contribution in [0.5, 0.6) is 0 Å². The van der Waals surface area contributed by atoms with Gasteiger partial charge >= 0.3 is 0 Å². The summed E-state index contributed by atoms with van der Waals surface area (Å²) in [5.74, 6) is 0.338. The van der Waals surface area contributed by atoms with Gasteiger partial charge in [-0.25, -0.2) is 0 Å². The topological polar surface area (TPSA) is 76.2 Å². The van der Waals surface area contributed by atoms with E-state index in [1.807, 2.05) is 0 Å². The number of carbonyl (C=O) groups is 1. The van der Waals surface area contributed by atoms with E-state index in [2.05, 4.69) is 15.5 Å². The average molecular weight is 195 g/mol. The van der Waals surface area contributed by atoms with Crippen molar-refractivity contribution in [3.8, 4) is 0 Å². The minimum absolute atomic E-state index is 0.172. The molecular weight excluding hydrogens is 186 g/mol. The molecule has 74 valence electrons. The van der Waals surface area contributed by atoms with Crippen molar-refractivity contribution in [1.82, 2.24) is 10.2 Å². The van der Waals surface area contributed by atoms with Crippen LogP contribution in [-0.4, -0.2) is 29.3 Å². The summed E-state index contributed by atoms with van der Waals surface area (Å²) in [5.41, 5.74) is 0. The lowest BCUT2D eigenvalue weighted by atomic mass is 10.4. The molecule has 6 nitrogen and oxygen atoms in total. The third-order valence-electron chi connectivity index (χ3n) is 1.62. The summed E-state index contributed by atoms with van der Waals surface area (Å²) in [6.45, 7) is 0.864. The molecule has 1 aromatic heterocycles. The highest BCUT2D eigenvalue weighted by Crippen LogP contribution is 2.07. The number of amides is 1. The van der Waals surface area contributed by atoms with Gasteiger partial charge in [0, 0.05) is 6.07 Å². The Labute approximate surface area is 79.9 Å². The molecule has 2 heterocycles. The van der Waals surface area contributed by atoms with Crippen molar-refractivity contribution in [2.75, 3.05) is 18.5 Å². The van der Waals surface area contributed by atoms with Crippen molar-refractivity contribution < 1.29 is 14.3 Å². The number of hydrogen-bond donors (Lipinski definition) is 2. The van der Waals surface area contributed by atoms with E-state index in [1.54, 1.807) is 12.3 Å². The van der Waals surface area contributed by atoms with Crippen LogP contribution in [0.4, 0.5) is 5.82 Å². The fourth-order valence-corrected chi connectivity index (χ4v) is 0.997. The van der Waals surface area contributed by atoms with Crippen molar-refractivity contribution in [3.63, 3.8) is 0 Å². The van der Waals surface area contributed by atoms with Gasteiger partial charge in [0.25, 0.3) is 5.91 Å². The highest BCUT2D eigenvalue weighted by atomic mass is 16.6. The summed E-state index contributed by atoms with van der Waals surface area (Å²) in [6, 6.07) is 1.64. The molecule has 0 aliphatic carbocycles. The third kappa shape index (κ3) is 1.85. The van der Waals surface area contributed by atoms with Gasteiger partial charge < -0.3 is 14.8 Å². The fourth-order valence-electron chi connectivity index (χ4n) is 0.997. The van der Waals surface area contributed by atoms with Crippen LogP contribution in [-0.2, 0) is 14.3 Å². The summed E-state index contributed by atoms with van der Waals surface area (Å²) in [4.78, 5) is 11.4. The standard InChI is InChI=1S/C8H9N3O3/c12-8(6-5-13-3-4-14-6)10-7-1-2-9-11-7/h1-2,5H,3-4H2,(H2,9,10,11,12). The van der Waals surface area contributed by atoms with Gasteiger partial charge in [-0.05, 0) is 0 Å².